The van der Waals surface area contributed by atoms with Gasteiger partial charge in [-0.2, -0.15) is 5.10 Å². The molecule has 0 amide bonds. The Balaban J connectivity index is 2.02. The number of aliphatic hydroxyl groups excluding tert-OH is 1. The third-order valence-electron chi connectivity index (χ3n) is 3.31. The molecule has 18 heavy (non-hydrogen) atoms. The molecule has 92 valence electrons. The van der Waals surface area contributed by atoms with Crippen molar-refractivity contribution >= 4 is 5.57 Å². The molecular weight excluding hydrogens is 224 g/mol. The van der Waals surface area contributed by atoms with Crippen LogP contribution < -0.4 is 0 Å². The molecule has 0 fully saturated rings. The van der Waals surface area contributed by atoms with Crippen molar-refractivity contribution in [2.45, 2.75) is 25.4 Å². The molecule has 0 bridgehead atoms. The highest BCUT2D eigenvalue weighted by molar-refractivity contribution is 5.65. The highest BCUT2D eigenvalue weighted by Crippen LogP contribution is 2.28. The van der Waals surface area contributed by atoms with Gasteiger partial charge in [-0.1, -0.05) is 24.3 Å². The fraction of sp³-hybridized carbons (Fsp3) is 0.267. The monoisotopic (exact) mass is 240 g/mol. The Morgan fingerprint density at radius 2 is 2.00 bits per heavy atom. The van der Waals surface area contributed by atoms with E-state index in [4.69, 9.17) is 0 Å². The van der Waals surface area contributed by atoms with E-state index in [0.717, 1.165) is 30.6 Å². The summed E-state index contributed by atoms with van der Waals surface area (Å²) in [4.78, 5) is 0. The van der Waals surface area contributed by atoms with Crippen molar-refractivity contribution in [1.29, 1.82) is 0 Å². The number of benzene rings is 1. The smallest absolute Gasteiger partial charge is 0.0727 e. The second-order valence-electron chi connectivity index (χ2n) is 4.62. The van der Waals surface area contributed by atoms with Crippen molar-refractivity contribution in [3.8, 4) is 5.69 Å². The molecule has 1 aromatic carbocycles. The second-order valence-corrected chi connectivity index (χ2v) is 4.62. The molecule has 0 saturated carbocycles. The minimum absolute atomic E-state index is 0.312. The van der Waals surface area contributed by atoms with Crippen LogP contribution in [0.2, 0.25) is 0 Å². The standard InChI is InChI=1S/C15H16N2O/c18-14-8-4-5-12(11-14)15-9-10-16-17(15)13-6-2-1-3-7-13/h1-3,6-7,9-11,14,18H,4-5,8H2. The van der Waals surface area contributed by atoms with Gasteiger partial charge in [0.05, 0.1) is 23.7 Å². The molecule has 1 aliphatic rings. The molecule has 0 aliphatic heterocycles. The minimum Gasteiger partial charge on any atom is -0.389 e. The first-order valence-electron chi connectivity index (χ1n) is 6.33. The lowest BCUT2D eigenvalue weighted by molar-refractivity contribution is 0.206. The normalized spacial score (nSPS) is 19.6. The summed E-state index contributed by atoms with van der Waals surface area (Å²) in [6.45, 7) is 0. The number of aromatic nitrogens is 2. The van der Waals surface area contributed by atoms with E-state index in [1.807, 2.05) is 53.4 Å². The summed E-state index contributed by atoms with van der Waals surface area (Å²) in [5.41, 5.74) is 3.33. The fourth-order valence-corrected chi connectivity index (χ4v) is 2.44. The molecule has 0 radical (unpaired) electrons. The van der Waals surface area contributed by atoms with Crippen LogP contribution in [0.1, 0.15) is 25.0 Å². The maximum Gasteiger partial charge on any atom is 0.0727 e. The van der Waals surface area contributed by atoms with Crippen molar-refractivity contribution < 1.29 is 5.11 Å². The molecule has 3 rings (SSSR count). The number of hydrogen-bond acceptors (Lipinski definition) is 2. The number of aliphatic hydroxyl groups is 1. The van der Waals surface area contributed by atoms with Crippen LogP contribution in [0.15, 0.2) is 48.7 Å². The van der Waals surface area contributed by atoms with Gasteiger partial charge in [-0.15, -0.1) is 0 Å². The van der Waals surface area contributed by atoms with Crippen molar-refractivity contribution in [2.75, 3.05) is 0 Å². The Labute approximate surface area is 106 Å². The Bertz CT molecular complexity index is 557. The van der Waals surface area contributed by atoms with Crippen molar-refractivity contribution in [3.63, 3.8) is 0 Å². The van der Waals surface area contributed by atoms with Crippen LogP contribution in [0, 0.1) is 0 Å². The average molecular weight is 240 g/mol. The van der Waals surface area contributed by atoms with Gasteiger partial charge >= 0.3 is 0 Å². The zero-order valence-corrected chi connectivity index (χ0v) is 10.2. The van der Waals surface area contributed by atoms with Crippen LogP contribution >= 0.6 is 0 Å². The van der Waals surface area contributed by atoms with Crippen LogP contribution in [-0.4, -0.2) is 21.0 Å². The number of allylic oxidation sites excluding steroid dienone is 1. The van der Waals surface area contributed by atoms with Crippen molar-refractivity contribution in [3.05, 3.63) is 54.4 Å². The lowest BCUT2D eigenvalue weighted by atomic mass is 9.95. The van der Waals surface area contributed by atoms with Crippen LogP contribution in [0.5, 0.6) is 0 Å². The maximum atomic E-state index is 9.73. The third-order valence-corrected chi connectivity index (χ3v) is 3.31. The SMILES string of the molecule is OC1C=C(c2ccnn2-c2ccccc2)CCC1. The Kier molecular flexibility index (Phi) is 2.99. The predicted octanol–water partition coefficient (Wildman–Crippen LogP) is 2.80. The van der Waals surface area contributed by atoms with Crippen LogP contribution in [-0.2, 0) is 0 Å². The molecule has 1 aliphatic carbocycles. The molecule has 3 heteroatoms. The van der Waals surface area contributed by atoms with E-state index < -0.39 is 0 Å². The summed E-state index contributed by atoms with van der Waals surface area (Å²) < 4.78 is 1.93. The number of rotatable bonds is 2. The number of para-hydroxylation sites is 1. The zero-order chi connectivity index (χ0) is 12.4. The number of hydrogen-bond donors (Lipinski definition) is 1. The summed E-state index contributed by atoms with van der Waals surface area (Å²) in [6.07, 6.45) is 6.36. The minimum atomic E-state index is -0.312. The van der Waals surface area contributed by atoms with Gasteiger partial charge in [-0.25, -0.2) is 4.68 Å². The van der Waals surface area contributed by atoms with Gasteiger partial charge in [0.25, 0.3) is 0 Å². The van der Waals surface area contributed by atoms with Crippen LogP contribution in [0.25, 0.3) is 11.3 Å². The second kappa shape index (κ2) is 4.78. The molecular formula is C15H16N2O. The van der Waals surface area contributed by atoms with E-state index in [2.05, 4.69) is 5.10 Å². The molecule has 1 atom stereocenters. The van der Waals surface area contributed by atoms with Gasteiger partial charge in [0.15, 0.2) is 0 Å². The van der Waals surface area contributed by atoms with E-state index in [9.17, 15) is 5.11 Å². The molecule has 1 N–H and O–H groups in total. The molecule has 3 nitrogen and oxygen atoms in total. The molecule has 1 heterocycles. The zero-order valence-electron chi connectivity index (χ0n) is 10.2. The van der Waals surface area contributed by atoms with Crippen molar-refractivity contribution in [1.82, 2.24) is 9.78 Å². The quantitative estimate of drug-likeness (QED) is 0.876. The van der Waals surface area contributed by atoms with E-state index >= 15 is 0 Å². The highest BCUT2D eigenvalue weighted by Gasteiger charge is 2.15. The molecule has 1 aromatic heterocycles. The molecule has 1 unspecified atom stereocenters. The van der Waals surface area contributed by atoms with E-state index in [-0.39, 0.29) is 6.10 Å². The van der Waals surface area contributed by atoms with Gasteiger partial charge in [0.2, 0.25) is 0 Å². The largest absolute Gasteiger partial charge is 0.389 e. The van der Waals surface area contributed by atoms with Crippen LogP contribution in [0.4, 0.5) is 0 Å². The summed E-state index contributed by atoms with van der Waals surface area (Å²) >= 11 is 0. The molecule has 2 aromatic rings. The summed E-state index contributed by atoms with van der Waals surface area (Å²) in [5, 5.41) is 14.1. The molecule has 0 saturated heterocycles. The van der Waals surface area contributed by atoms with Gasteiger partial charge in [-0.3, -0.25) is 0 Å². The first-order chi connectivity index (χ1) is 8.84. The third kappa shape index (κ3) is 2.09. The van der Waals surface area contributed by atoms with Gasteiger partial charge in [-0.05, 0) is 43.0 Å². The van der Waals surface area contributed by atoms with Gasteiger partial charge in [0.1, 0.15) is 0 Å². The fourth-order valence-electron chi connectivity index (χ4n) is 2.44. The summed E-state index contributed by atoms with van der Waals surface area (Å²) in [7, 11) is 0. The lowest BCUT2D eigenvalue weighted by Crippen LogP contribution is -2.10. The Morgan fingerprint density at radius 1 is 1.17 bits per heavy atom. The lowest BCUT2D eigenvalue weighted by Gasteiger charge is -2.18. The van der Waals surface area contributed by atoms with E-state index in [1.165, 1.54) is 5.57 Å². The maximum absolute atomic E-state index is 9.73. The topological polar surface area (TPSA) is 38.1 Å². The Morgan fingerprint density at radius 3 is 2.78 bits per heavy atom. The van der Waals surface area contributed by atoms with E-state index in [1.54, 1.807) is 0 Å². The van der Waals surface area contributed by atoms with Crippen LogP contribution in [0.3, 0.4) is 0 Å². The molecule has 0 spiro atoms. The summed E-state index contributed by atoms with van der Waals surface area (Å²) in [5.74, 6) is 0. The van der Waals surface area contributed by atoms with Gasteiger partial charge < -0.3 is 5.11 Å². The summed E-state index contributed by atoms with van der Waals surface area (Å²) in [6, 6.07) is 12.1. The average Bonchev–Trinajstić information content (AvgIpc) is 2.89. The number of nitrogens with zero attached hydrogens (tertiary/aromatic N) is 2. The van der Waals surface area contributed by atoms with E-state index in [0.29, 0.717) is 0 Å². The predicted molar refractivity (Wildman–Crippen MR) is 71.4 cm³/mol. The first-order valence-corrected chi connectivity index (χ1v) is 6.33. The Hall–Kier alpha value is -1.87. The first kappa shape index (κ1) is 11.2. The van der Waals surface area contributed by atoms with Gasteiger partial charge in [0, 0.05) is 0 Å². The highest BCUT2D eigenvalue weighted by atomic mass is 16.3. The van der Waals surface area contributed by atoms with Crippen molar-refractivity contribution in [2.24, 2.45) is 0 Å².